The van der Waals surface area contributed by atoms with Gasteiger partial charge in [0.15, 0.2) is 0 Å². The third kappa shape index (κ3) is 4.90. The number of carbonyl (C=O) groups is 2. The van der Waals surface area contributed by atoms with Gasteiger partial charge in [-0.2, -0.15) is 0 Å². The number of ether oxygens (including phenoxy) is 2. The molecule has 0 spiro atoms. The fourth-order valence-corrected chi connectivity index (χ4v) is 3.52. The van der Waals surface area contributed by atoms with Gasteiger partial charge < -0.3 is 19.2 Å². The zero-order valence-electron chi connectivity index (χ0n) is 17.7. The Bertz CT molecular complexity index is 1310. The first kappa shape index (κ1) is 22.2. The van der Waals surface area contributed by atoms with Gasteiger partial charge >= 0.3 is 11.6 Å². The Hall–Kier alpha value is -4.05. The average Bonchev–Trinajstić information content (AvgIpc) is 3.30. The monoisotopic (exact) mass is 452 g/mol. The number of benzene rings is 2. The zero-order valence-corrected chi connectivity index (χ0v) is 17.7. The third-order valence-corrected chi connectivity index (χ3v) is 5.32. The number of nitro groups is 1. The van der Waals surface area contributed by atoms with E-state index in [9.17, 15) is 24.5 Å². The molecule has 3 aromatic rings. The molecule has 2 aromatic carbocycles. The molecule has 1 N–H and O–H groups in total. The highest BCUT2D eigenvalue weighted by molar-refractivity contribution is 5.97. The molecule has 0 aliphatic carbocycles. The van der Waals surface area contributed by atoms with Crippen molar-refractivity contribution in [2.75, 3.05) is 13.2 Å². The molecule has 1 unspecified atom stereocenters. The fourth-order valence-electron chi connectivity index (χ4n) is 3.52. The molecule has 1 saturated heterocycles. The number of nitrogens with one attached hydrogen (secondary N) is 1. The van der Waals surface area contributed by atoms with Crippen LogP contribution in [-0.4, -0.2) is 36.1 Å². The smallest absolute Gasteiger partial charge is 0.349 e. The molecule has 4 rings (SSSR count). The minimum Gasteiger partial charge on any atom is -0.423 e. The average molecular weight is 452 g/mol. The van der Waals surface area contributed by atoms with Crippen LogP contribution >= 0.6 is 0 Å². The molecule has 1 atom stereocenters. The number of nitro benzene ring substituents is 1. The van der Waals surface area contributed by atoms with Crippen LogP contribution in [0.25, 0.3) is 11.0 Å². The molecule has 0 radical (unpaired) electrons. The summed E-state index contributed by atoms with van der Waals surface area (Å²) in [7, 11) is 0. The van der Waals surface area contributed by atoms with Gasteiger partial charge in [-0.1, -0.05) is 6.07 Å². The van der Waals surface area contributed by atoms with Gasteiger partial charge in [-0.25, -0.2) is 9.59 Å². The van der Waals surface area contributed by atoms with Gasteiger partial charge in [0.25, 0.3) is 11.6 Å². The number of esters is 1. The topological polar surface area (TPSA) is 138 Å². The van der Waals surface area contributed by atoms with E-state index in [-0.39, 0.29) is 34.3 Å². The Morgan fingerprint density at radius 1 is 1.21 bits per heavy atom. The number of carbonyl (C=O) groups excluding carboxylic acids is 2. The maximum Gasteiger partial charge on any atom is 0.349 e. The standard InChI is InChI=1S/C23H20N2O8/c1-13-4-5-15(10-19(13)25(29)30)22(27)32-16-7-6-14-9-18(23(28)33-20(14)11-16)21(26)24-12-17-3-2-8-31-17/h4-7,9-11,17H,2-3,8,12H2,1H3,(H,24,26). The molecular weight excluding hydrogens is 432 g/mol. The molecule has 1 fully saturated rings. The maximum absolute atomic E-state index is 12.4. The van der Waals surface area contributed by atoms with Crippen molar-refractivity contribution in [3.8, 4) is 5.75 Å². The van der Waals surface area contributed by atoms with Crippen LogP contribution in [0.1, 0.15) is 39.1 Å². The molecule has 0 saturated carbocycles. The largest absolute Gasteiger partial charge is 0.423 e. The SMILES string of the molecule is Cc1ccc(C(=O)Oc2ccc3cc(C(=O)NCC4CCCO4)c(=O)oc3c2)cc1[N+](=O)[O-]. The van der Waals surface area contributed by atoms with E-state index in [4.69, 9.17) is 13.9 Å². The van der Waals surface area contributed by atoms with E-state index >= 15 is 0 Å². The lowest BCUT2D eigenvalue weighted by atomic mass is 10.1. The van der Waals surface area contributed by atoms with Crippen LogP contribution in [-0.2, 0) is 4.74 Å². The molecular formula is C23H20N2O8. The minimum atomic E-state index is -0.829. The minimum absolute atomic E-state index is 0.00658. The van der Waals surface area contributed by atoms with Crippen molar-refractivity contribution >= 4 is 28.5 Å². The van der Waals surface area contributed by atoms with E-state index < -0.39 is 22.4 Å². The summed E-state index contributed by atoms with van der Waals surface area (Å²) in [6.07, 6.45) is 1.73. The molecule has 10 heteroatoms. The Labute approximate surface area is 187 Å². The summed E-state index contributed by atoms with van der Waals surface area (Å²) in [5.74, 6) is -1.28. The number of hydrogen-bond donors (Lipinski definition) is 1. The molecule has 170 valence electrons. The molecule has 1 aromatic heterocycles. The number of hydrogen-bond acceptors (Lipinski definition) is 8. The van der Waals surface area contributed by atoms with Crippen LogP contribution < -0.4 is 15.7 Å². The Kier molecular flexibility index (Phi) is 6.18. The van der Waals surface area contributed by atoms with Crippen molar-refractivity contribution in [3.63, 3.8) is 0 Å². The van der Waals surface area contributed by atoms with E-state index in [1.165, 1.54) is 36.4 Å². The van der Waals surface area contributed by atoms with Gasteiger partial charge in [0.1, 0.15) is 16.9 Å². The first-order chi connectivity index (χ1) is 15.8. The molecule has 1 aliphatic heterocycles. The normalized spacial score (nSPS) is 15.4. The lowest BCUT2D eigenvalue weighted by molar-refractivity contribution is -0.385. The highest BCUT2D eigenvalue weighted by atomic mass is 16.6. The van der Waals surface area contributed by atoms with Crippen molar-refractivity contribution in [1.82, 2.24) is 5.32 Å². The van der Waals surface area contributed by atoms with E-state index in [1.54, 1.807) is 6.92 Å². The van der Waals surface area contributed by atoms with Crippen molar-refractivity contribution in [1.29, 1.82) is 0 Å². The zero-order chi connectivity index (χ0) is 23.5. The van der Waals surface area contributed by atoms with E-state index in [0.29, 0.717) is 24.1 Å². The summed E-state index contributed by atoms with van der Waals surface area (Å²) in [6.45, 7) is 2.53. The van der Waals surface area contributed by atoms with Gasteiger partial charge in [-0.05, 0) is 44.0 Å². The van der Waals surface area contributed by atoms with Gasteiger partial charge in [-0.3, -0.25) is 14.9 Å². The van der Waals surface area contributed by atoms with Crippen LogP contribution in [0.5, 0.6) is 5.75 Å². The maximum atomic E-state index is 12.4. The summed E-state index contributed by atoms with van der Waals surface area (Å²) in [6, 6.07) is 9.77. The summed E-state index contributed by atoms with van der Waals surface area (Å²) < 4.78 is 16.0. The number of rotatable bonds is 6. The van der Waals surface area contributed by atoms with Crippen molar-refractivity contribution in [3.05, 3.63) is 79.7 Å². The van der Waals surface area contributed by atoms with E-state index in [1.807, 2.05) is 0 Å². The van der Waals surface area contributed by atoms with E-state index in [0.717, 1.165) is 18.9 Å². The Morgan fingerprint density at radius 2 is 2.03 bits per heavy atom. The van der Waals surface area contributed by atoms with Gasteiger partial charge in [0, 0.05) is 36.2 Å². The first-order valence-electron chi connectivity index (χ1n) is 10.3. The molecule has 0 bridgehead atoms. The van der Waals surface area contributed by atoms with Gasteiger partial charge in [-0.15, -0.1) is 0 Å². The second-order valence-corrected chi connectivity index (χ2v) is 7.64. The fraction of sp³-hybridized carbons (Fsp3) is 0.261. The summed E-state index contributed by atoms with van der Waals surface area (Å²) >= 11 is 0. The summed E-state index contributed by atoms with van der Waals surface area (Å²) in [4.78, 5) is 47.7. The second-order valence-electron chi connectivity index (χ2n) is 7.64. The molecule has 1 aliphatic rings. The van der Waals surface area contributed by atoms with Crippen LogP contribution in [0.4, 0.5) is 5.69 Å². The Morgan fingerprint density at radius 3 is 2.76 bits per heavy atom. The Balaban J connectivity index is 1.51. The summed E-state index contributed by atoms with van der Waals surface area (Å²) in [5.41, 5.74) is -0.621. The summed E-state index contributed by atoms with van der Waals surface area (Å²) in [5, 5.41) is 14.2. The molecule has 2 heterocycles. The second kappa shape index (κ2) is 9.21. The number of amides is 1. The predicted molar refractivity (Wildman–Crippen MR) is 117 cm³/mol. The van der Waals surface area contributed by atoms with Gasteiger partial charge in [0.05, 0.1) is 16.6 Å². The van der Waals surface area contributed by atoms with E-state index in [2.05, 4.69) is 5.32 Å². The third-order valence-electron chi connectivity index (χ3n) is 5.32. The van der Waals surface area contributed by atoms with Crippen LogP contribution in [0.2, 0.25) is 0 Å². The number of nitrogens with zero attached hydrogens (tertiary/aromatic N) is 1. The highest BCUT2D eigenvalue weighted by Gasteiger charge is 2.20. The van der Waals surface area contributed by atoms with Crippen LogP contribution in [0.3, 0.4) is 0 Å². The predicted octanol–water partition coefficient (Wildman–Crippen LogP) is 3.14. The number of aryl methyl sites for hydroxylation is 1. The van der Waals surface area contributed by atoms with Crippen molar-refractivity contribution in [2.24, 2.45) is 0 Å². The molecule has 1 amide bonds. The van der Waals surface area contributed by atoms with Crippen molar-refractivity contribution < 1.29 is 28.4 Å². The first-order valence-corrected chi connectivity index (χ1v) is 10.3. The van der Waals surface area contributed by atoms with Crippen LogP contribution in [0, 0.1) is 17.0 Å². The molecule has 33 heavy (non-hydrogen) atoms. The van der Waals surface area contributed by atoms with Gasteiger partial charge in [0.2, 0.25) is 0 Å². The quantitative estimate of drug-likeness (QED) is 0.198. The molecule has 10 nitrogen and oxygen atoms in total. The lowest BCUT2D eigenvalue weighted by Gasteiger charge is -2.10. The van der Waals surface area contributed by atoms with Crippen molar-refractivity contribution in [2.45, 2.75) is 25.9 Å². The lowest BCUT2D eigenvalue weighted by Crippen LogP contribution is -2.34. The van der Waals surface area contributed by atoms with Crippen LogP contribution in [0.15, 0.2) is 51.7 Å². The number of fused-ring (bicyclic) bond motifs is 1. The highest BCUT2D eigenvalue weighted by Crippen LogP contribution is 2.24.